The van der Waals surface area contributed by atoms with Gasteiger partial charge in [-0.05, 0) is 42.0 Å². The maximum atomic E-state index is 12.6. The van der Waals surface area contributed by atoms with E-state index in [0.717, 1.165) is 30.6 Å². The Hall–Kier alpha value is -2.62. The van der Waals surface area contributed by atoms with E-state index in [0.29, 0.717) is 19.4 Å². The summed E-state index contributed by atoms with van der Waals surface area (Å²) >= 11 is 0. The van der Waals surface area contributed by atoms with Crippen LogP contribution >= 0.6 is 0 Å². The van der Waals surface area contributed by atoms with Crippen LogP contribution in [0, 0.1) is 5.92 Å². The first kappa shape index (κ1) is 15.9. The van der Waals surface area contributed by atoms with Crippen molar-refractivity contribution in [1.29, 1.82) is 0 Å². The molecule has 4 nitrogen and oxygen atoms in total. The zero-order chi connectivity index (χ0) is 17.2. The number of benzene rings is 2. The summed E-state index contributed by atoms with van der Waals surface area (Å²) in [5, 5.41) is 2.96. The number of amides is 2. The number of nitrogens with zero attached hydrogens (tertiary/aromatic N) is 1. The average Bonchev–Trinajstić information content (AvgIpc) is 2.65. The second kappa shape index (κ2) is 6.71. The number of hydrogen-bond acceptors (Lipinski definition) is 2. The smallest absolute Gasteiger partial charge is 0.227 e. The van der Waals surface area contributed by atoms with Gasteiger partial charge in [0.25, 0.3) is 0 Å². The minimum absolute atomic E-state index is 0.0375. The maximum absolute atomic E-state index is 12.6. The van der Waals surface area contributed by atoms with Crippen LogP contribution in [0.1, 0.15) is 29.5 Å². The summed E-state index contributed by atoms with van der Waals surface area (Å²) in [7, 11) is 0. The third-order valence-corrected chi connectivity index (χ3v) is 5.30. The number of carbonyl (C=O) groups is 2. The fourth-order valence-electron chi connectivity index (χ4n) is 3.81. The first-order valence-corrected chi connectivity index (χ1v) is 8.94. The fraction of sp³-hybridized carbons (Fsp3) is 0.333. The molecule has 0 aliphatic carbocycles. The summed E-state index contributed by atoms with van der Waals surface area (Å²) < 4.78 is 0. The van der Waals surface area contributed by atoms with Crippen molar-refractivity contribution in [2.75, 3.05) is 11.9 Å². The van der Waals surface area contributed by atoms with Gasteiger partial charge in [-0.1, -0.05) is 42.5 Å². The van der Waals surface area contributed by atoms with Crippen LogP contribution in [0.4, 0.5) is 5.69 Å². The van der Waals surface area contributed by atoms with Gasteiger partial charge in [0.05, 0.1) is 0 Å². The lowest BCUT2D eigenvalue weighted by atomic mass is 9.89. The predicted molar refractivity (Wildman–Crippen MR) is 97.1 cm³/mol. The van der Waals surface area contributed by atoms with Crippen molar-refractivity contribution in [3.63, 3.8) is 0 Å². The SMILES string of the molecule is O=C1Nc2ccccc2CC1CCC(=O)N1CCc2ccccc2C1. The standard InChI is InChI=1S/C21H22N2O2/c24-20(23-12-11-15-5-1-2-7-18(15)14-23)10-9-17-13-16-6-3-4-8-19(16)22-21(17)25/h1-8,17H,9-14H2,(H,22,25). The molecule has 128 valence electrons. The molecule has 0 radical (unpaired) electrons. The highest BCUT2D eigenvalue weighted by Crippen LogP contribution is 2.28. The first-order chi connectivity index (χ1) is 12.2. The summed E-state index contributed by atoms with van der Waals surface area (Å²) in [5.74, 6) is 0.0765. The molecular weight excluding hydrogens is 312 g/mol. The van der Waals surface area contributed by atoms with Crippen LogP contribution in [-0.2, 0) is 29.0 Å². The first-order valence-electron chi connectivity index (χ1n) is 8.94. The lowest BCUT2D eigenvalue weighted by molar-refractivity contribution is -0.132. The van der Waals surface area contributed by atoms with E-state index in [1.54, 1.807) is 0 Å². The van der Waals surface area contributed by atoms with Gasteiger partial charge in [-0.3, -0.25) is 9.59 Å². The van der Waals surface area contributed by atoms with E-state index < -0.39 is 0 Å². The summed E-state index contributed by atoms with van der Waals surface area (Å²) in [5.41, 5.74) is 4.65. The molecule has 2 aromatic rings. The van der Waals surface area contributed by atoms with Gasteiger partial charge in [0.1, 0.15) is 0 Å². The molecule has 2 heterocycles. The van der Waals surface area contributed by atoms with Crippen molar-refractivity contribution in [2.24, 2.45) is 5.92 Å². The van der Waals surface area contributed by atoms with Crippen LogP contribution in [0.5, 0.6) is 0 Å². The highest BCUT2D eigenvalue weighted by Gasteiger charge is 2.27. The molecule has 25 heavy (non-hydrogen) atoms. The number of rotatable bonds is 3. The van der Waals surface area contributed by atoms with Crippen LogP contribution in [-0.4, -0.2) is 23.3 Å². The average molecular weight is 334 g/mol. The number of para-hydroxylation sites is 1. The summed E-state index contributed by atoms with van der Waals surface area (Å²) in [6.07, 6.45) is 2.68. The monoisotopic (exact) mass is 334 g/mol. The Kier molecular flexibility index (Phi) is 4.26. The van der Waals surface area contributed by atoms with Crippen molar-refractivity contribution in [3.05, 3.63) is 65.2 Å². The van der Waals surface area contributed by atoms with Gasteiger partial charge < -0.3 is 10.2 Å². The van der Waals surface area contributed by atoms with Crippen LogP contribution in [0.25, 0.3) is 0 Å². The van der Waals surface area contributed by atoms with Crippen LogP contribution in [0.15, 0.2) is 48.5 Å². The second-order valence-electron chi connectivity index (χ2n) is 6.92. The highest BCUT2D eigenvalue weighted by molar-refractivity contribution is 5.96. The van der Waals surface area contributed by atoms with E-state index >= 15 is 0 Å². The van der Waals surface area contributed by atoms with Crippen molar-refractivity contribution in [3.8, 4) is 0 Å². The Morgan fingerprint density at radius 1 is 1.04 bits per heavy atom. The molecule has 0 spiro atoms. The third kappa shape index (κ3) is 3.29. The van der Waals surface area contributed by atoms with Crippen molar-refractivity contribution in [2.45, 2.75) is 32.2 Å². The maximum Gasteiger partial charge on any atom is 0.227 e. The molecule has 1 atom stereocenters. The molecule has 4 rings (SSSR count). The van der Waals surface area contributed by atoms with E-state index in [1.165, 1.54) is 11.1 Å². The molecule has 2 aliphatic rings. The molecule has 0 saturated carbocycles. The van der Waals surface area contributed by atoms with E-state index in [-0.39, 0.29) is 17.7 Å². The molecule has 1 unspecified atom stereocenters. The summed E-state index contributed by atoms with van der Waals surface area (Å²) in [4.78, 5) is 26.8. The largest absolute Gasteiger partial charge is 0.338 e. The number of fused-ring (bicyclic) bond motifs is 2. The van der Waals surface area contributed by atoms with Gasteiger partial charge in [-0.25, -0.2) is 0 Å². The molecule has 0 aromatic heterocycles. The molecule has 2 aliphatic heterocycles. The lowest BCUT2D eigenvalue weighted by Crippen LogP contribution is -2.37. The Balaban J connectivity index is 1.36. The summed E-state index contributed by atoms with van der Waals surface area (Å²) in [6, 6.07) is 16.2. The van der Waals surface area contributed by atoms with Crippen molar-refractivity contribution >= 4 is 17.5 Å². The Bertz CT molecular complexity index is 815. The molecule has 0 bridgehead atoms. The fourth-order valence-corrected chi connectivity index (χ4v) is 3.81. The molecular formula is C21H22N2O2. The Morgan fingerprint density at radius 3 is 2.60 bits per heavy atom. The quantitative estimate of drug-likeness (QED) is 0.937. The number of hydrogen-bond donors (Lipinski definition) is 1. The normalized spacial score (nSPS) is 19.0. The second-order valence-corrected chi connectivity index (χ2v) is 6.92. The number of anilines is 1. The van der Waals surface area contributed by atoms with Crippen LogP contribution in [0.2, 0.25) is 0 Å². The molecule has 1 N–H and O–H groups in total. The predicted octanol–water partition coefficient (Wildman–Crippen LogP) is 3.16. The van der Waals surface area contributed by atoms with Gasteiger partial charge in [-0.2, -0.15) is 0 Å². The third-order valence-electron chi connectivity index (χ3n) is 5.30. The summed E-state index contributed by atoms with van der Waals surface area (Å²) in [6.45, 7) is 1.46. The van der Waals surface area contributed by atoms with E-state index in [9.17, 15) is 9.59 Å². The molecule has 0 fully saturated rings. The zero-order valence-electron chi connectivity index (χ0n) is 14.2. The van der Waals surface area contributed by atoms with E-state index in [2.05, 4.69) is 23.5 Å². The van der Waals surface area contributed by atoms with Crippen LogP contribution in [0.3, 0.4) is 0 Å². The van der Waals surface area contributed by atoms with E-state index in [4.69, 9.17) is 0 Å². The van der Waals surface area contributed by atoms with Gasteiger partial charge in [-0.15, -0.1) is 0 Å². The Labute approximate surface area is 147 Å². The van der Waals surface area contributed by atoms with Gasteiger partial charge in [0.15, 0.2) is 0 Å². The lowest BCUT2D eigenvalue weighted by Gasteiger charge is -2.30. The minimum Gasteiger partial charge on any atom is -0.338 e. The van der Waals surface area contributed by atoms with Crippen LogP contribution < -0.4 is 5.32 Å². The van der Waals surface area contributed by atoms with Gasteiger partial charge in [0.2, 0.25) is 11.8 Å². The Morgan fingerprint density at radius 2 is 1.76 bits per heavy atom. The number of carbonyl (C=O) groups excluding carboxylic acids is 2. The molecule has 2 amide bonds. The van der Waals surface area contributed by atoms with E-state index in [1.807, 2.05) is 35.2 Å². The van der Waals surface area contributed by atoms with Gasteiger partial charge in [0, 0.05) is 31.1 Å². The van der Waals surface area contributed by atoms with Gasteiger partial charge >= 0.3 is 0 Å². The van der Waals surface area contributed by atoms with Crippen molar-refractivity contribution in [1.82, 2.24) is 4.90 Å². The molecule has 0 saturated heterocycles. The topological polar surface area (TPSA) is 49.4 Å². The number of nitrogens with one attached hydrogen (secondary N) is 1. The highest BCUT2D eigenvalue weighted by atomic mass is 16.2. The van der Waals surface area contributed by atoms with Crippen molar-refractivity contribution < 1.29 is 9.59 Å². The zero-order valence-corrected chi connectivity index (χ0v) is 14.2. The molecule has 2 aromatic carbocycles. The minimum atomic E-state index is -0.115. The molecule has 4 heteroatoms.